The molecule has 1 saturated carbocycles. The molecule has 1 heteroatoms. The van der Waals surface area contributed by atoms with E-state index in [9.17, 15) is 4.79 Å². The number of allylic oxidation sites excluding steroid dienone is 1. The molecular weight excluding hydrogens is 136 g/mol. The summed E-state index contributed by atoms with van der Waals surface area (Å²) >= 11 is 0. The van der Waals surface area contributed by atoms with E-state index in [4.69, 9.17) is 0 Å². The van der Waals surface area contributed by atoms with Crippen LogP contribution in [0.1, 0.15) is 32.6 Å². The second-order valence-electron chi connectivity index (χ2n) is 3.68. The fourth-order valence-corrected chi connectivity index (χ4v) is 1.94. The third kappa shape index (κ3) is 2.49. The van der Waals surface area contributed by atoms with Crippen LogP contribution in [0.2, 0.25) is 0 Å². The first-order valence-electron chi connectivity index (χ1n) is 4.35. The van der Waals surface area contributed by atoms with Crippen LogP contribution in [0.15, 0.2) is 12.7 Å². The summed E-state index contributed by atoms with van der Waals surface area (Å²) in [4.78, 5) is 11.1. The maximum Gasteiger partial charge on any atom is 0.133 e. The summed E-state index contributed by atoms with van der Waals surface area (Å²) in [6.07, 6.45) is 5.73. The quantitative estimate of drug-likeness (QED) is 0.556. The van der Waals surface area contributed by atoms with Crippen LogP contribution in [0.4, 0.5) is 0 Å². The second kappa shape index (κ2) is 3.70. The van der Waals surface area contributed by atoms with E-state index in [1.807, 2.05) is 6.08 Å². The highest BCUT2D eigenvalue weighted by molar-refractivity contribution is 5.79. The van der Waals surface area contributed by atoms with Gasteiger partial charge in [-0.25, -0.2) is 0 Å². The van der Waals surface area contributed by atoms with Crippen molar-refractivity contribution in [2.24, 2.45) is 11.8 Å². The van der Waals surface area contributed by atoms with Gasteiger partial charge in [-0.3, -0.25) is 4.79 Å². The molecule has 62 valence electrons. The van der Waals surface area contributed by atoms with Gasteiger partial charge < -0.3 is 0 Å². The van der Waals surface area contributed by atoms with Crippen molar-refractivity contribution in [3.05, 3.63) is 12.7 Å². The first-order chi connectivity index (χ1) is 5.22. The molecule has 1 nitrogen and oxygen atoms in total. The normalized spacial score (nSPS) is 31.9. The third-order valence-electron chi connectivity index (χ3n) is 2.33. The van der Waals surface area contributed by atoms with Crippen LogP contribution in [-0.4, -0.2) is 5.78 Å². The summed E-state index contributed by atoms with van der Waals surface area (Å²) in [6, 6.07) is 0. The van der Waals surface area contributed by atoms with Crippen molar-refractivity contribution >= 4 is 5.78 Å². The van der Waals surface area contributed by atoms with Gasteiger partial charge in [0, 0.05) is 12.8 Å². The topological polar surface area (TPSA) is 17.1 Å². The summed E-state index contributed by atoms with van der Waals surface area (Å²) < 4.78 is 0. The Kier molecular flexibility index (Phi) is 2.86. The lowest BCUT2D eigenvalue weighted by Crippen LogP contribution is -2.20. The SMILES string of the molecule is C=CCC1CC(=O)CC(C)C1. The zero-order valence-corrected chi connectivity index (χ0v) is 7.18. The van der Waals surface area contributed by atoms with Crippen LogP contribution in [0.25, 0.3) is 0 Å². The number of hydrogen-bond donors (Lipinski definition) is 0. The molecule has 2 unspecified atom stereocenters. The molecule has 0 radical (unpaired) electrons. The van der Waals surface area contributed by atoms with Crippen molar-refractivity contribution in [1.29, 1.82) is 0 Å². The highest BCUT2D eigenvalue weighted by atomic mass is 16.1. The highest BCUT2D eigenvalue weighted by Gasteiger charge is 2.23. The molecule has 0 aromatic carbocycles. The summed E-state index contributed by atoms with van der Waals surface area (Å²) in [7, 11) is 0. The van der Waals surface area contributed by atoms with Gasteiger partial charge in [-0.15, -0.1) is 6.58 Å². The molecule has 0 aromatic heterocycles. The Bertz CT molecular complexity index is 160. The van der Waals surface area contributed by atoms with Crippen molar-refractivity contribution in [3.8, 4) is 0 Å². The molecule has 0 aromatic rings. The van der Waals surface area contributed by atoms with E-state index in [-0.39, 0.29) is 0 Å². The second-order valence-corrected chi connectivity index (χ2v) is 3.68. The summed E-state index contributed by atoms with van der Waals surface area (Å²) in [5, 5.41) is 0. The fourth-order valence-electron chi connectivity index (χ4n) is 1.94. The van der Waals surface area contributed by atoms with Gasteiger partial charge in [0.05, 0.1) is 0 Å². The lowest BCUT2D eigenvalue weighted by atomic mass is 9.80. The Morgan fingerprint density at radius 1 is 1.64 bits per heavy atom. The zero-order chi connectivity index (χ0) is 8.27. The van der Waals surface area contributed by atoms with Gasteiger partial charge in [0.2, 0.25) is 0 Å². The first-order valence-corrected chi connectivity index (χ1v) is 4.35. The molecule has 0 spiro atoms. The van der Waals surface area contributed by atoms with Gasteiger partial charge in [-0.1, -0.05) is 13.0 Å². The monoisotopic (exact) mass is 152 g/mol. The van der Waals surface area contributed by atoms with Crippen LogP contribution >= 0.6 is 0 Å². The summed E-state index contributed by atoms with van der Waals surface area (Å²) in [5.74, 6) is 1.63. The Morgan fingerprint density at radius 3 is 2.91 bits per heavy atom. The molecule has 0 aliphatic heterocycles. The Hall–Kier alpha value is -0.590. The standard InChI is InChI=1S/C10H16O/c1-3-4-9-5-8(2)6-10(11)7-9/h3,8-9H,1,4-7H2,2H3. The minimum absolute atomic E-state index is 0.440. The number of hydrogen-bond acceptors (Lipinski definition) is 1. The number of carbonyl (C=O) groups excluding carboxylic acids is 1. The van der Waals surface area contributed by atoms with Crippen molar-refractivity contribution in [3.63, 3.8) is 0 Å². The minimum Gasteiger partial charge on any atom is -0.300 e. The first kappa shape index (κ1) is 8.51. The van der Waals surface area contributed by atoms with E-state index in [0.29, 0.717) is 17.6 Å². The van der Waals surface area contributed by atoms with Crippen LogP contribution in [0, 0.1) is 11.8 Å². The van der Waals surface area contributed by atoms with Gasteiger partial charge >= 0.3 is 0 Å². The number of ketones is 1. The maximum absolute atomic E-state index is 11.1. The smallest absolute Gasteiger partial charge is 0.133 e. The Balaban J connectivity index is 2.42. The van der Waals surface area contributed by atoms with E-state index in [2.05, 4.69) is 13.5 Å². The van der Waals surface area contributed by atoms with Gasteiger partial charge in [-0.05, 0) is 24.7 Å². The van der Waals surface area contributed by atoms with Crippen LogP contribution in [0.5, 0.6) is 0 Å². The summed E-state index contributed by atoms with van der Waals surface area (Å²) in [6.45, 7) is 5.85. The van der Waals surface area contributed by atoms with E-state index in [0.717, 1.165) is 19.3 Å². The number of carbonyl (C=O) groups is 1. The Morgan fingerprint density at radius 2 is 2.36 bits per heavy atom. The summed E-state index contributed by atoms with van der Waals surface area (Å²) in [5.41, 5.74) is 0. The van der Waals surface area contributed by atoms with Crippen molar-refractivity contribution in [2.45, 2.75) is 32.6 Å². The predicted molar refractivity (Wildman–Crippen MR) is 46.3 cm³/mol. The van der Waals surface area contributed by atoms with Gasteiger partial charge in [0.25, 0.3) is 0 Å². The average Bonchev–Trinajstić information content (AvgIpc) is 1.85. The lowest BCUT2D eigenvalue weighted by Gasteiger charge is -2.24. The van der Waals surface area contributed by atoms with E-state index < -0.39 is 0 Å². The highest BCUT2D eigenvalue weighted by Crippen LogP contribution is 2.28. The van der Waals surface area contributed by atoms with Gasteiger partial charge in [0.15, 0.2) is 0 Å². The largest absolute Gasteiger partial charge is 0.300 e. The van der Waals surface area contributed by atoms with Crippen LogP contribution < -0.4 is 0 Å². The lowest BCUT2D eigenvalue weighted by molar-refractivity contribution is -0.122. The molecule has 0 saturated heterocycles. The molecule has 2 atom stereocenters. The van der Waals surface area contributed by atoms with E-state index >= 15 is 0 Å². The molecule has 0 heterocycles. The maximum atomic E-state index is 11.1. The predicted octanol–water partition coefficient (Wildman–Crippen LogP) is 2.57. The minimum atomic E-state index is 0.440. The Labute approximate surface area is 68.5 Å². The van der Waals surface area contributed by atoms with Crippen molar-refractivity contribution < 1.29 is 4.79 Å². The molecule has 1 rings (SSSR count). The van der Waals surface area contributed by atoms with Crippen molar-refractivity contribution in [1.82, 2.24) is 0 Å². The van der Waals surface area contributed by atoms with Crippen LogP contribution in [0.3, 0.4) is 0 Å². The van der Waals surface area contributed by atoms with E-state index in [1.165, 1.54) is 6.42 Å². The molecule has 1 aliphatic carbocycles. The molecule has 0 bridgehead atoms. The van der Waals surface area contributed by atoms with Gasteiger partial charge in [0.1, 0.15) is 5.78 Å². The van der Waals surface area contributed by atoms with Crippen molar-refractivity contribution in [2.75, 3.05) is 0 Å². The molecular formula is C10H16O. The molecule has 0 N–H and O–H groups in total. The average molecular weight is 152 g/mol. The van der Waals surface area contributed by atoms with E-state index in [1.54, 1.807) is 0 Å². The molecule has 1 fully saturated rings. The molecule has 1 aliphatic rings. The molecule has 11 heavy (non-hydrogen) atoms. The van der Waals surface area contributed by atoms with Crippen LogP contribution in [-0.2, 0) is 4.79 Å². The third-order valence-corrected chi connectivity index (χ3v) is 2.33. The number of Topliss-reactive ketones (excluding diaryl/α,β-unsaturated/α-hetero) is 1. The zero-order valence-electron chi connectivity index (χ0n) is 7.18. The fraction of sp³-hybridized carbons (Fsp3) is 0.700. The van der Waals surface area contributed by atoms with Gasteiger partial charge in [-0.2, -0.15) is 0 Å². The molecule has 0 amide bonds. The number of rotatable bonds is 2.